The van der Waals surface area contributed by atoms with Gasteiger partial charge in [0, 0.05) is 7.05 Å². The Morgan fingerprint density at radius 1 is 1.36 bits per heavy atom. The van der Waals surface area contributed by atoms with E-state index in [9.17, 15) is 9.18 Å². The van der Waals surface area contributed by atoms with E-state index >= 15 is 0 Å². The summed E-state index contributed by atoms with van der Waals surface area (Å²) in [4.78, 5) is 13.5. The third-order valence-corrected chi connectivity index (χ3v) is 3.17. The quantitative estimate of drug-likeness (QED) is 0.891. The number of likely N-dealkylation sites (N-methyl/N-ethyl adjacent to an activating group) is 1. The lowest BCUT2D eigenvalue weighted by molar-refractivity contribution is 0.191. The molecule has 2 amide bonds. The fourth-order valence-corrected chi connectivity index (χ4v) is 1.84. The maximum absolute atomic E-state index is 12.8. The van der Waals surface area contributed by atoms with E-state index < -0.39 is 0 Å². The molecule has 0 aliphatic heterocycles. The SMILES string of the molecule is CC(NC(=O)N(C)CCOc1ccc(F)cc1)c1ccco1. The van der Waals surface area contributed by atoms with E-state index in [-0.39, 0.29) is 17.9 Å². The maximum atomic E-state index is 12.8. The summed E-state index contributed by atoms with van der Waals surface area (Å²) in [6.45, 7) is 2.58. The van der Waals surface area contributed by atoms with Gasteiger partial charge >= 0.3 is 6.03 Å². The lowest BCUT2D eigenvalue weighted by Crippen LogP contribution is -2.40. The van der Waals surface area contributed by atoms with Crippen molar-refractivity contribution in [3.63, 3.8) is 0 Å². The highest BCUT2D eigenvalue weighted by atomic mass is 19.1. The van der Waals surface area contributed by atoms with Crippen LogP contribution >= 0.6 is 0 Å². The number of nitrogens with zero attached hydrogens (tertiary/aromatic N) is 1. The van der Waals surface area contributed by atoms with E-state index in [0.717, 1.165) is 0 Å². The summed E-state index contributed by atoms with van der Waals surface area (Å²) >= 11 is 0. The Bertz CT molecular complexity index is 584. The summed E-state index contributed by atoms with van der Waals surface area (Å²) in [5.41, 5.74) is 0. The molecule has 0 fully saturated rings. The summed E-state index contributed by atoms with van der Waals surface area (Å²) in [7, 11) is 1.68. The van der Waals surface area contributed by atoms with Crippen molar-refractivity contribution in [3.8, 4) is 5.75 Å². The van der Waals surface area contributed by atoms with Gasteiger partial charge in [0.05, 0.1) is 18.8 Å². The average molecular weight is 306 g/mol. The Kier molecular flexibility index (Phi) is 5.41. The minimum atomic E-state index is -0.309. The molecule has 2 rings (SSSR count). The molecule has 1 unspecified atom stereocenters. The smallest absolute Gasteiger partial charge is 0.317 e. The zero-order valence-electron chi connectivity index (χ0n) is 12.6. The van der Waals surface area contributed by atoms with Crippen LogP contribution < -0.4 is 10.1 Å². The van der Waals surface area contributed by atoms with Crippen LogP contribution in [0.3, 0.4) is 0 Å². The minimum absolute atomic E-state index is 0.206. The van der Waals surface area contributed by atoms with Crippen molar-refractivity contribution in [1.29, 1.82) is 0 Å². The number of benzene rings is 1. The van der Waals surface area contributed by atoms with Crippen molar-refractivity contribution in [2.75, 3.05) is 20.2 Å². The third-order valence-electron chi connectivity index (χ3n) is 3.17. The normalized spacial score (nSPS) is 11.8. The minimum Gasteiger partial charge on any atom is -0.492 e. The molecule has 0 bridgehead atoms. The van der Waals surface area contributed by atoms with Gasteiger partial charge < -0.3 is 19.4 Å². The number of nitrogens with one attached hydrogen (secondary N) is 1. The number of halogens is 1. The van der Waals surface area contributed by atoms with Gasteiger partial charge in [0.2, 0.25) is 0 Å². The molecule has 0 saturated heterocycles. The number of urea groups is 1. The van der Waals surface area contributed by atoms with Gasteiger partial charge in [-0.15, -0.1) is 0 Å². The Morgan fingerprint density at radius 2 is 2.09 bits per heavy atom. The molecule has 1 heterocycles. The van der Waals surface area contributed by atoms with Gasteiger partial charge in [-0.2, -0.15) is 0 Å². The molecule has 6 heteroatoms. The highest BCUT2D eigenvalue weighted by molar-refractivity contribution is 5.74. The van der Waals surface area contributed by atoms with Gasteiger partial charge in [-0.3, -0.25) is 0 Å². The monoisotopic (exact) mass is 306 g/mol. The summed E-state index contributed by atoms with van der Waals surface area (Å²) < 4.78 is 23.4. The first-order valence-electron chi connectivity index (χ1n) is 6.99. The van der Waals surface area contributed by atoms with Gasteiger partial charge in [0.25, 0.3) is 0 Å². The summed E-state index contributed by atoms with van der Waals surface area (Å²) in [5.74, 6) is 0.958. The highest BCUT2D eigenvalue weighted by Gasteiger charge is 2.14. The van der Waals surface area contributed by atoms with Crippen LogP contribution in [0.5, 0.6) is 5.75 Å². The summed E-state index contributed by atoms with van der Waals surface area (Å²) in [5, 5.41) is 2.83. The fraction of sp³-hybridized carbons (Fsp3) is 0.312. The van der Waals surface area contributed by atoms with Crippen LogP contribution in [-0.4, -0.2) is 31.1 Å². The van der Waals surface area contributed by atoms with Gasteiger partial charge in [-0.1, -0.05) is 0 Å². The van der Waals surface area contributed by atoms with Crippen molar-refractivity contribution in [1.82, 2.24) is 10.2 Å². The molecule has 1 atom stereocenters. The lowest BCUT2D eigenvalue weighted by Gasteiger charge is -2.20. The number of furan rings is 1. The Morgan fingerprint density at radius 3 is 2.73 bits per heavy atom. The number of rotatable bonds is 6. The van der Waals surface area contributed by atoms with Crippen molar-refractivity contribution < 1.29 is 18.3 Å². The van der Waals surface area contributed by atoms with E-state index in [0.29, 0.717) is 24.7 Å². The van der Waals surface area contributed by atoms with E-state index in [1.807, 2.05) is 13.0 Å². The number of ether oxygens (including phenoxy) is 1. The Hall–Kier alpha value is -2.50. The second kappa shape index (κ2) is 7.49. The first-order valence-corrected chi connectivity index (χ1v) is 6.99. The average Bonchev–Trinajstić information content (AvgIpc) is 3.03. The molecule has 0 aliphatic carbocycles. The number of hydrogen-bond donors (Lipinski definition) is 1. The number of amides is 2. The molecule has 0 saturated carbocycles. The molecule has 1 aromatic carbocycles. The zero-order valence-corrected chi connectivity index (χ0v) is 12.6. The first-order chi connectivity index (χ1) is 10.6. The molecular weight excluding hydrogens is 287 g/mol. The van der Waals surface area contributed by atoms with Crippen molar-refractivity contribution in [2.45, 2.75) is 13.0 Å². The molecule has 0 aliphatic rings. The topological polar surface area (TPSA) is 54.7 Å². The van der Waals surface area contributed by atoms with Crippen LogP contribution in [0.1, 0.15) is 18.7 Å². The second-order valence-electron chi connectivity index (χ2n) is 4.91. The van der Waals surface area contributed by atoms with Crippen LogP contribution in [0.2, 0.25) is 0 Å². The van der Waals surface area contributed by atoms with Crippen LogP contribution in [0, 0.1) is 5.82 Å². The molecular formula is C16H19FN2O3. The number of carbonyl (C=O) groups is 1. The Labute approximate surface area is 128 Å². The molecule has 2 aromatic rings. The van der Waals surface area contributed by atoms with E-state index in [1.54, 1.807) is 31.5 Å². The van der Waals surface area contributed by atoms with Crippen LogP contribution in [0.15, 0.2) is 47.1 Å². The first kappa shape index (κ1) is 15.9. The molecule has 5 nitrogen and oxygen atoms in total. The van der Waals surface area contributed by atoms with Crippen LogP contribution in [0.25, 0.3) is 0 Å². The molecule has 1 N–H and O–H groups in total. The number of hydrogen-bond acceptors (Lipinski definition) is 3. The predicted molar refractivity (Wildman–Crippen MR) is 80.2 cm³/mol. The van der Waals surface area contributed by atoms with E-state index in [1.165, 1.54) is 17.0 Å². The molecule has 1 aromatic heterocycles. The van der Waals surface area contributed by atoms with E-state index in [2.05, 4.69) is 5.32 Å². The Balaban J connectivity index is 1.73. The molecule has 118 valence electrons. The fourth-order valence-electron chi connectivity index (χ4n) is 1.84. The van der Waals surface area contributed by atoms with Crippen molar-refractivity contribution in [3.05, 3.63) is 54.2 Å². The van der Waals surface area contributed by atoms with Gasteiger partial charge in [-0.25, -0.2) is 9.18 Å². The van der Waals surface area contributed by atoms with Crippen LogP contribution in [-0.2, 0) is 0 Å². The second-order valence-corrected chi connectivity index (χ2v) is 4.91. The predicted octanol–water partition coefficient (Wildman–Crippen LogP) is 3.20. The van der Waals surface area contributed by atoms with Gasteiger partial charge in [-0.05, 0) is 43.3 Å². The van der Waals surface area contributed by atoms with Crippen LogP contribution in [0.4, 0.5) is 9.18 Å². The highest BCUT2D eigenvalue weighted by Crippen LogP contribution is 2.13. The third kappa shape index (κ3) is 4.51. The van der Waals surface area contributed by atoms with Gasteiger partial charge in [0.1, 0.15) is 23.9 Å². The number of carbonyl (C=O) groups excluding carboxylic acids is 1. The van der Waals surface area contributed by atoms with Gasteiger partial charge in [0.15, 0.2) is 0 Å². The van der Waals surface area contributed by atoms with Crippen molar-refractivity contribution >= 4 is 6.03 Å². The standard InChI is InChI=1S/C16H19FN2O3/c1-12(15-4-3-10-22-15)18-16(20)19(2)9-11-21-14-7-5-13(17)6-8-14/h3-8,10,12H,9,11H2,1-2H3,(H,18,20). The molecule has 0 radical (unpaired) electrons. The largest absolute Gasteiger partial charge is 0.492 e. The molecule has 0 spiro atoms. The summed E-state index contributed by atoms with van der Waals surface area (Å²) in [6, 6.07) is 8.92. The van der Waals surface area contributed by atoms with Crippen molar-refractivity contribution in [2.24, 2.45) is 0 Å². The molecule has 22 heavy (non-hydrogen) atoms. The summed E-state index contributed by atoms with van der Waals surface area (Å²) in [6.07, 6.45) is 1.57. The lowest BCUT2D eigenvalue weighted by atomic mass is 10.2. The zero-order chi connectivity index (χ0) is 15.9. The maximum Gasteiger partial charge on any atom is 0.317 e. The van der Waals surface area contributed by atoms with E-state index in [4.69, 9.17) is 9.15 Å².